The van der Waals surface area contributed by atoms with Gasteiger partial charge in [-0.1, -0.05) is 35.9 Å². The fourth-order valence-corrected chi connectivity index (χ4v) is 5.17. The van der Waals surface area contributed by atoms with Gasteiger partial charge in [0.25, 0.3) is 5.91 Å². The molecule has 1 aliphatic heterocycles. The third-order valence-electron chi connectivity index (χ3n) is 7.04. The van der Waals surface area contributed by atoms with Gasteiger partial charge in [-0.3, -0.25) is 9.59 Å². The van der Waals surface area contributed by atoms with E-state index in [-0.39, 0.29) is 23.8 Å². The maximum Gasteiger partial charge on any atom is 0.258 e. The van der Waals surface area contributed by atoms with Gasteiger partial charge in [-0.25, -0.2) is 0 Å². The number of carbonyl (C=O) groups is 2. The van der Waals surface area contributed by atoms with Crippen molar-refractivity contribution in [1.29, 1.82) is 0 Å². The Balaban J connectivity index is 1.40. The Labute approximate surface area is 195 Å². The zero-order valence-corrected chi connectivity index (χ0v) is 19.5. The van der Waals surface area contributed by atoms with E-state index in [2.05, 4.69) is 0 Å². The van der Waals surface area contributed by atoms with Crippen LogP contribution in [0.2, 0.25) is 5.02 Å². The second-order valence-corrected chi connectivity index (χ2v) is 9.86. The molecule has 5 nitrogen and oxygen atoms in total. The van der Waals surface area contributed by atoms with Crippen LogP contribution in [0.1, 0.15) is 54.9 Å². The van der Waals surface area contributed by atoms with Gasteiger partial charge in [-0.15, -0.1) is 0 Å². The van der Waals surface area contributed by atoms with Crippen molar-refractivity contribution >= 4 is 29.1 Å². The predicted octanol–water partition coefficient (Wildman–Crippen LogP) is 4.70. The lowest BCUT2D eigenvalue weighted by atomic mass is 9.83. The summed E-state index contributed by atoms with van der Waals surface area (Å²) in [6, 6.07) is 15.0. The van der Waals surface area contributed by atoms with E-state index < -0.39 is 5.60 Å². The first-order valence-electron chi connectivity index (χ1n) is 11.4. The molecule has 1 N–H and O–H groups in total. The van der Waals surface area contributed by atoms with E-state index in [0.29, 0.717) is 17.0 Å². The molecule has 1 heterocycles. The van der Waals surface area contributed by atoms with Crippen molar-refractivity contribution in [3.05, 3.63) is 64.7 Å². The molecule has 0 aromatic heterocycles. The van der Waals surface area contributed by atoms with Crippen molar-refractivity contribution in [2.45, 2.75) is 57.1 Å². The fraction of sp³-hybridized carbons (Fsp3) is 0.462. The van der Waals surface area contributed by atoms with Crippen molar-refractivity contribution in [3.8, 4) is 0 Å². The summed E-state index contributed by atoms with van der Waals surface area (Å²) in [6.07, 6.45) is 4.65. The van der Waals surface area contributed by atoms with Crippen molar-refractivity contribution in [2.24, 2.45) is 5.92 Å². The maximum atomic E-state index is 13.1. The van der Waals surface area contributed by atoms with Crippen LogP contribution in [0.25, 0.3) is 0 Å². The average molecular weight is 455 g/mol. The number of likely N-dealkylation sites (tertiary alicyclic amines) is 1. The van der Waals surface area contributed by atoms with E-state index in [9.17, 15) is 14.7 Å². The van der Waals surface area contributed by atoms with Crippen LogP contribution >= 0.6 is 11.6 Å². The SMILES string of the molecule is CN(C(=O)c1ccccc1)c1ccc(CC2CCN(C3CCC(C)(O)CC3)C2=O)c(Cl)c1. The molecule has 2 aliphatic rings. The van der Waals surface area contributed by atoms with E-state index in [1.807, 2.05) is 42.2 Å². The molecule has 0 bridgehead atoms. The highest BCUT2D eigenvalue weighted by Crippen LogP contribution is 2.35. The number of anilines is 1. The van der Waals surface area contributed by atoms with Gasteiger partial charge in [-0.05, 0) is 75.3 Å². The molecule has 32 heavy (non-hydrogen) atoms. The third kappa shape index (κ3) is 4.84. The van der Waals surface area contributed by atoms with Gasteiger partial charge in [0.15, 0.2) is 0 Å². The number of aliphatic hydroxyl groups is 1. The summed E-state index contributed by atoms with van der Waals surface area (Å²) in [7, 11) is 1.74. The molecule has 1 atom stereocenters. The molecule has 170 valence electrons. The lowest BCUT2D eigenvalue weighted by molar-refractivity contribution is -0.134. The number of hydrogen-bond acceptors (Lipinski definition) is 3. The van der Waals surface area contributed by atoms with Gasteiger partial charge in [-0.2, -0.15) is 0 Å². The van der Waals surface area contributed by atoms with E-state index >= 15 is 0 Å². The summed E-state index contributed by atoms with van der Waals surface area (Å²) in [5, 5.41) is 10.8. The van der Waals surface area contributed by atoms with Crippen LogP contribution in [0.4, 0.5) is 5.69 Å². The standard InChI is InChI=1S/C26H31ClN2O3/c1-26(32)13-10-21(11-14-26)29-15-12-20(25(29)31)16-19-8-9-22(17-23(19)27)28(2)24(30)18-6-4-3-5-7-18/h3-9,17,20-21,32H,10-16H2,1-2H3. The summed E-state index contributed by atoms with van der Waals surface area (Å²) >= 11 is 6.58. The van der Waals surface area contributed by atoms with Crippen molar-refractivity contribution in [3.63, 3.8) is 0 Å². The smallest absolute Gasteiger partial charge is 0.258 e. The van der Waals surface area contributed by atoms with E-state index in [1.54, 1.807) is 30.1 Å². The summed E-state index contributed by atoms with van der Waals surface area (Å²) < 4.78 is 0. The summed E-state index contributed by atoms with van der Waals surface area (Å²) in [4.78, 5) is 29.4. The number of hydrogen-bond donors (Lipinski definition) is 1. The van der Waals surface area contributed by atoms with Gasteiger partial charge in [0.05, 0.1) is 5.60 Å². The highest BCUT2D eigenvalue weighted by Gasteiger charge is 2.39. The van der Waals surface area contributed by atoms with Crippen LogP contribution < -0.4 is 4.90 Å². The molecule has 4 rings (SSSR count). The van der Waals surface area contributed by atoms with Crippen LogP contribution in [0.5, 0.6) is 0 Å². The maximum absolute atomic E-state index is 13.1. The second kappa shape index (κ2) is 9.24. The summed E-state index contributed by atoms with van der Waals surface area (Å²) in [5.41, 5.74) is 1.68. The molecule has 1 saturated carbocycles. The number of amides is 2. The molecule has 1 aliphatic carbocycles. The summed E-state index contributed by atoms with van der Waals surface area (Å²) in [5.74, 6) is 0.0417. The van der Waals surface area contributed by atoms with Crippen LogP contribution in [0.3, 0.4) is 0 Å². The number of nitrogens with zero attached hydrogens (tertiary/aromatic N) is 2. The molecule has 1 unspecified atom stereocenters. The lowest BCUT2D eigenvalue weighted by Crippen LogP contribution is -2.43. The van der Waals surface area contributed by atoms with Crippen LogP contribution in [0.15, 0.2) is 48.5 Å². The van der Waals surface area contributed by atoms with Crippen LogP contribution in [0, 0.1) is 5.92 Å². The van der Waals surface area contributed by atoms with Crippen molar-refractivity contribution in [1.82, 2.24) is 4.90 Å². The van der Waals surface area contributed by atoms with E-state index in [0.717, 1.165) is 49.9 Å². The van der Waals surface area contributed by atoms with Gasteiger partial charge in [0, 0.05) is 41.8 Å². The predicted molar refractivity (Wildman–Crippen MR) is 127 cm³/mol. The van der Waals surface area contributed by atoms with Crippen molar-refractivity contribution < 1.29 is 14.7 Å². The fourth-order valence-electron chi connectivity index (χ4n) is 4.92. The van der Waals surface area contributed by atoms with Crippen LogP contribution in [-0.4, -0.2) is 47.1 Å². The Morgan fingerprint density at radius 3 is 2.50 bits per heavy atom. The van der Waals surface area contributed by atoms with Gasteiger partial charge >= 0.3 is 0 Å². The lowest BCUT2D eigenvalue weighted by Gasteiger charge is -2.37. The molecular formula is C26H31ClN2O3. The highest BCUT2D eigenvalue weighted by molar-refractivity contribution is 6.31. The van der Waals surface area contributed by atoms with E-state index in [4.69, 9.17) is 11.6 Å². The Bertz CT molecular complexity index is 982. The molecule has 0 spiro atoms. The third-order valence-corrected chi connectivity index (χ3v) is 7.39. The number of carbonyl (C=O) groups excluding carboxylic acids is 2. The Morgan fingerprint density at radius 2 is 1.84 bits per heavy atom. The first kappa shape index (κ1) is 22.8. The zero-order valence-electron chi connectivity index (χ0n) is 18.8. The number of halogens is 1. The molecule has 6 heteroatoms. The molecule has 0 radical (unpaired) electrons. The molecular weight excluding hydrogens is 424 g/mol. The number of benzene rings is 2. The molecule has 2 fully saturated rings. The topological polar surface area (TPSA) is 60.9 Å². The quantitative estimate of drug-likeness (QED) is 0.712. The zero-order chi connectivity index (χ0) is 22.9. The Kier molecular flexibility index (Phi) is 6.59. The Hall–Kier alpha value is -2.37. The monoisotopic (exact) mass is 454 g/mol. The highest BCUT2D eigenvalue weighted by atomic mass is 35.5. The molecule has 2 amide bonds. The van der Waals surface area contributed by atoms with Crippen LogP contribution in [-0.2, 0) is 11.2 Å². The van der Waals surface area contributed by atoms with Gasteiger partial charge in [0.1, 0.15) is 0 Å². The minimum atomic E-state index is -0.594. The van der Waals surface area contributed by atoms with E-state index in [1.165, 1.54) is 0 Å². The largest absolute Gasteiger partial charge is 0.390 e. The number of rotatable bonds is 5. The first-order chi connectivity index (χ1) is 15.2. The normalized spacial score (nSPS) is 25.8. The minimum Gasteiger partial charge on any atom is -0.390 e. The first-order valence-corrected chi connectivity index (χ1v) is 11.8. The van der Waals surface area contributed by atoms with Gasteiger partial charge < -0.3 is 14.9 Å². The Morgan fingerprint density at radius 1 is 1.16 bits per heavy atom. The van der Waals surface area contributed by atoms with Crippen molar-refractivity contribution in [2.75, 3.05) is 18.5 Å². The molecule has 2 aromatic carbocycles. The molecule has 2 aromatic rings. The minimum absolute atomic E-state index is 0.0653. The molecule has 1 saturated heterocycles. The van der Waals surface area contributed by atoms with Gasteiger partial charge in [0.2, 0.25) is 5.91 Å². The second-order valence-electron chi connectivity index (χ2n) is 9.46. The summed E-state index contributed by atoms with van der Waals surface area (Å²) in [6.45, 7) is 2.66. The average Bonchev–Trinajstić information content (AvgIpc) is 3.14.